The van der Waals surface area contributed by atoms with Gasteiger partial charge in [-0.2, -0.15) is 0 Å². The van der Waals surface area contributed by atoms with Crippen molar-refractivity contribution in [2.24, 2.45) is 0 Å². The number of nitrogens with one attached hydrogen (secondary N) is 1. The van der Waals surface area contributed by atoms with E-state index in [-0.39, 0.29) is 36.2 Å². The number of nitrogens with zero attached hydrogens (tertiary/aromatic N) is 2. The number of carbonyl (C=O) groups excluding carboxylic acids is 3. The van der Waals surface area contributed by atoms with Gasteiger partial charge >= 0.3 is 0 Å². The molecule has 1 aliphatic carbocycles. The van der Waals surface area contributed by atoms with E-state index in [0.717, 1.165) is 63.1 Å². The Morgan fingerprint density at radius 2 is 1.86 bits per heavy atom. The van der Waals surface area contributed by atoms with Gasteiger partial charge in [0.15, 0.2) is 0 Å². The Balaban J connectivity index is 1.42. The lowest BCUT2D eigenvalue weighted by molar-refractivity contribution is -0.123. The number of amides is 3. The number of thioether (sulfide) groups is 1. The van der Waals surface area contributed by atoms with E-state index in [1.165, 1.54) is 24.2 Å². The molecule has 192 valence electrons. The maximum atomic E-state index is 13.2. The van der Waals surface area contributed by atoms with Crippen molar-refractivity contribution in [2.45, 2.75) is 64.6 Å². The van der Waals surface area contributed by atoms with Crippen LogP contribution in [0.4, 0.5) is 4.79 Å². The van der Waals surface area contributed by atoms with E-state index in [0.29, 0.717) is 4.91 Å². The van der Waals surface area contributed by atoms with Gasteiger partial charge in [0, 0.05) is 27.7 Å². The van der Waals surface area contributed by atoms with Crippen molar-refractivity contribution in [1.29, 1.82) is 0 Å². The largest absolute Gasteiger partial charge is 0.352 e. The zero-order valence-corrected chi connectivity index (χ0v) is 23.2. The summed E-state index contributed by atoms with van der Waals surface area (Å²) < 4.78 is 2.94. The number of aryl methyl sites for hydroxylation is 1. The van der Waals surface area contributed by atoms with Crippen LogP contribution in [0.1, 0.15) is 55.7 Å². The van der Waals surface area contributed by atoms with E-state index in [9.17, 15) is 14.4 Å². The highest BCUT2D eigenvalue weighted by Crippen LogP contribution is 2.35. The van der Waals surface area contributed by atoms with Crippen molar-refractivity contribution in [2.75, 3.05) is 0 Å². The molecule has 2 aromatic carbocycles. The van der Waals surface area contributed by atoms with Crippen LogP contribution in [0.15, 0.2) is 58.0 Å². The summed E-state index contributed by atoms with van der Waals surface area (Å²) in [5.41, 5.74) is 3.87. The Hall–Kier alpha value is -2.84. The molecule has 0 bridgehead atoms. The van der Waals surface area contributed by atoms with E-state index in [4.69, 9.17) is 0 Å². The first-order chi connectivity index (χ1) is 17.9. The number of para-hydroxylation sites is 1. The fourth-order valence-electron chi connectivity index (χ4n) is 5.22. The second-order valence-corrected chi connectivity index (χ2v) is 11.6. The van der Waals surface area contributed by atoms with Gasteiger partial charge in [-0.15, -0.1) is 0 Å². The quantitative estimate of drug-likeness (QED) is 0.318. The van der Waals surface area contributed by atoms with Crippen LogP contribution in [0.25, 0.3) is 17.0 Å². The van der Waals surface area contributed by atoms with Gasteiger partial charge < -0.3 is 9.88 Å². The van der Waals surface area contributed by atoms with Crippen LogP contribution in [0.3, 0.4) is 0 Å². The number of rotatable bonds is 7. The molecule has 1 N–H and O–H groups in total. The van der Waals surface area contributed by atoms with Crippen LogP contribution in [0.2, 0.25) is 0 Å². The summed E-state index contributed by atoms with van der Waals surface area (Å²) in [7, 11) is 0. The van der Waals surface area contributed by atoms with Gasteiger partial charge in [0.1, 0.15) is 6.54 Å². The van der Waals surface area contributed by atoms with Crippen LogP contribution in [0, 0.1) is 0 Å². The molecule has 0 unspecified atom stereocenters. The van der Waals surface area contributed by atoms with Crippen LogP contribution < -0.4 is 5.32 Å². The van der Waals surface area contributed by atoms with Crippen LogP contribution in [-0.4, -0.2) is 32.6 Å². The molecule has 2 fully saturated rings. The van der Waals surface area contributed by atoms with E-state index in [2.05, 4.69) is 34.2 Å². The summed E-state index contributed by atoms with van der Waals surface area (Å²) in [4.78, 5) is 40.5. The van der Waals surface area contributed by atoms with Crippen molar-refractivity contribution < 1.29 is 14.4 Å². The summed E-state index contributed by atoms with van der Waals surface area (Å²) in [5, 5.41) is 3.91. The molecule has 8 heteroatoms. The van der Waals surface area contributed by atoms with Crippen LogP contribution in [0.5, 0.6) is 0 Å². The highest BCUT2D eigenvalue weighted by molar-refractivity contribution is 9.10. The number of hydrogen-bond acceptors (Lipinski definition) is 4. The highest BCUT2D eigenvalue weighted by Gasteiger charge is 2.35. The van der Waals surface area contributed by atoms with Gasteiger partial charge in [-0.1, -0.05) is 72.4 Å². The standard InChI is InChI=1S/C29H30BrN3O3S/c1-2-20-7-6-10-24-21(17-32(27(20)24)18-26(34)31-23-8-4-3-5-9-23)15-25-28(35)33(29(36)37-25)16-19-11-13-22(30)14-12-19/h6-7,10-15,17,23H,2-5,8-9,16,18H2,1H3,(H,31,34)/b25-15-. The maximum Gasteiger partial charge on any atom is 0.293 e. The predicted molar refractivity (Wildman–Crippen MR) is 152 cm³/mol. The number of halogens is 1. The molecule has 1 aliphatic heterocycles. The second-order valence-electron chi connectivity index (χ2n) is 9.68. The Labute approximate surface area is 229 Å². The first-order valence-corrected chi connectivity index (χ1v) is 14.4. The fourth-order valence-corrected chi connectivity index (χ4v) is 6.31. The van der Waals surface area contributed by atoms with Crippen LogP contribution >= 0.6 is 27.7 Å². The van der Waals surface area contributed by atoms with Gasteiger partial charge in [0.05, 0.1) is 17.0 Å². The molecule has 2 aliphatic rings. The topological polar surface area (TPSA) is 71.4 Å². The Morgan fingerprint density at radius 1 is 1.11 bits per heavy atom. The van der Waals surface area contributed by atoms with Crippen LogP contribution in [-0.2, 0) is 29.1 Å². The lowest BCUT2D eigenvalue weighted by Gasteiger charge is -2.23. The third-order valence-corrected chi connectivity index (χ3v) is 8.53. The minimum atomic E-state index is -0.291. The highest BCUT2D eigenvalue weighted by atomic mass is 79.9. The monoisotopic (exact) mass is 579 g/mol. The Kier molecular flexibility index (Phi) is 7.86. The first kappa shape index (κ1) is 25.8. The number of benzene rings is 2. The minimum Gasteiger partial charge on any atom is -0.352 e. The number of aromatic nitrogens is 1. The molecule has 5 rings (SSSR count). The lowest BCUT2D eigenvalue weighted by atomic mass is 9.95. The van der Waals surface area contributed by atoms with Crippen molar-refractivity contribution in [3.8, 4) is 0 Å². The van der Waals surface area contributed by atoms with Gasteiger partial charge in [-0.05, 0) is 60.4 Å². The molecule has 2 heterocycles. The molecule has 37 heavy (non-hydrogen) atoms. The van der Waals surface area contributed by atoms with Crippen molar-refractivity contribution in [3.05, 3.63) is 74.7 Å². The third kappa shape index (κ3) is 5.70. The number of imide groups is 1. The molecule has 3 amide bonds. The summed E-state index contributed by atoms with van der Waals surface area (Å²) in [6.45, 7) is 2.56. The summed E-state index contributed by atoms with van der Waals surface area (Å²) in [6, 6.07) is 13.9. The molecule has 1 aromatic heterocycles. The lowest BCUT2D eigenvalue weighted by Crippen LogP contribution is -2.38. The summed E-state index contributed by atoms with van der Waals surface area (Å²) in [6.07, 6.45) is 10.2. The van der Waals surface area contributed by atoms with E-state index >= 15 is 0 Å². The fraction of sp³-hybridized carbons (Fsp3) is 0.345. The van der Waals surface area contributed by atoms with Crippen molar-refractivity contribution in [3.63, 3.8) is 0 Å². The Bertz CT molecular complexity index is 1370. The summed E-state index contributed by atoms with van der Waals surface area (Å²) in [5.74, 6) is -0.281. The average molecular weight is 581 g/mol. The molecule has 0 radical (unpaired) electrons. The molecule has 0 atom stereocenters. The average Bonchev–Trinajstić information content (AvgIpc) is 3.37. The van der Waals surface area contributed by atoms with E-state index < -0.39 is 0 Å². The smallest absolute Gasteiger partial charge is 0.293 e. The molecular formula is C29H30BrN3O3S. The predicted octanol–water partition coefficient (Wildman–Crippen LogP) is 6.65. The van der Waals surface area contributed by atoms with Crippen molar-refractivity contribution in [1.82, 2.24) is 14.8 Å². The molecule has 0 spiro atoms. The minimum absolute atomic E-state index is 0.0103. The second kappa shape index (κ2) is 11.3. The molecule has 3 aromatic rings. The first-order valence-electron chi connectivity index (χ1n) is 12.8. The normalized spacial score (nSPS) is 17.8. The molecule has 1 saturated carbocycles. The van der Waals surface area contributed by atoms with Gasteiger partial charge in [-0.3, -0.25) is 19.3 Å². The molecule has 6 nitrogen and oxygen atoms in total. The Morgan fingerprint density at radius 3 is 2.59 bits per heavy atom. The summed E-state index contributed by atoms with van der Waals surface area (Å²) >= 11 is 4.38. The number of carbonyl (C=O) groups is 3. The number of hydrogen-bond donors (Lipinski definition) is 1. The third-order valence-electron chi connectivity index (χ3n) is 7.09. The van der Waals surface area contributed by atoms with Gasteiger partial charge in [0.25, 0.3) is 11.1 Å². The van der Waals surface area contributed by atoms with Crippen molar-refractivity contribution >= 4 is 61.7 Å². The van der Waals surface area contributed by atoms with Gasteiger partial charge in [0.2, 0.25) is 5.91 Å². The van der Waals surface area contributed by atoms with Gasteiger partial charge in [-0.25, -0.2) is 0 Å². The molecular weight excluding hydrogens is 550 g/mol. The SMILES string of the molecule is CCc1cccc2c(/C=C3\SC(=O)N(Cc4ccc(Br)cc4)C3=O)cn(CC(=O)NC3CCCCC3)c12. The van der Waals surface area contributed by atoms with E-state index in [1.807, 2.05) is 47.2 Å². The zero-order chi connectivity index (χ0) is 25.9. The van der Waals surface area contributed by atoms with E-state index in [1.54, 1.807) is 6.08 Å². The maximum absolute atomic E-state index is 13.2. The zero-order valence-electron chi connectivity index (χ0n) is 20.8. The molecule has 1 saturated heterocycles. The number of fused-ring (bicyclic) bond motifs is 1.